The number of halogens is 1. The summed E-state index contributed by atoms with van der Waals surface area (Å²) in [5.74, 6) is 0.0662. The summed E-state index contributed by atoms with van der Waals surface area (Å²) in [5.41, 5.74) is 1.06. The molecule has 2 aliphatic rings. The van der Waals surface area contributed by atoms with Crippen LogP contribution in [-0.2, 0) is 0 Å². The van der Waals surface area contributed by atoms with Crippen LogP contribution in [0.5, 0.6) is 0 Å². The molecular weight excluding hydrogens is 357 g/mol. The average molecular weight is 379 g/mol. The van der Waals surface area contributed by atoms with Crippen molar-refractivity contribution in [1.29, 1.82) is 0 Å². The smallest absolute Gasteiger partial charge is 0.263 e. The molecule has 1 saturated heterocycles. The Kier molecular flexibility index (Phi) is 4.31. The molecule has 0 spiro atoms. The van der Waals surface area contributed by atoms with Gasteiger partial charge in [0.1, 0.15) is 5.82 Å². The van der Waals surface area contributed by atoms with Crippen molar-refractivity contribution in [2.75, 3.05) is 18.4 Å². The fourth-order valence-electron chi connectivity index (χ4n) is 4.11. The number of nitrogens with one attached hydrogen (secondary N) is 1. The lowest BCUT2D eigenvalue weighted by molar-refractivity contribution is 0.177. The maximum atomic E-state index is 13.8. The van der Waals surface area contributed by atoms with Crippen LogP contribution in [0.1, 0.15) is 31.7 Å². The molecule has 1 aliphatic carbocycles. The molecule has 2 aromatic heterocycles. The number of nitrogens with zero attached hydrogens (tertiary/aromatic N) is 4. The van der Waals surface area contributed by atoms with E-state index >= 15 is 0 Å². The second-order valence-electron chi connectivity index (χ2n) is 7.64. The van der Waals surface area contributed by atoms with Gasteiger partial charge in [0.25, 0.3) is 5.56 Å². The molecule has 0 bridgehead atoms. The summed E-state index contributed by atoms with van der Waals surface area (Å²) in [4.78, 5) is 24.6. The average Bonchev–Trinajstić information content (AvgIpc) is 3.55. The van der Waals surface area contributed by atoms with E-state index in [1.54, 1.807) is 23.0 Å². The zero-order valence-corrected chi connectivity index (χ0v) is 15.5. The number of fused-ring (bicyclic) bond motifs is 1. The van der Waals surface area contributed by atoms with Crippen molar-refractivity contribution in [3.8, 4) is 0 Å². The van der Waals surface area contributed by atoms with Gasteiger partial charge in [0.15, 0.2) is 0 Å². The van der Waals surface area contributed by atoms with E-state index in [9.17, 15) is 9.18 Å². The second-order valence-corrected chi connectivity index (χ2v) is 7.64. The molecule has 3 heterocycles. The highest BCUT2D eigenvalue weighted by Crippen LogP contribution is 2.33. The van der Waals surface area contributed by atoms with Crippen molar-refractivity contribution in [3.05, 3.63) is 58.9 Å². The SMILES string of the molecule is O=c1c2cc(F)ccc2nc(Nc2cccnc2)n1C1CCN(C2CC2)CC1. The normalized spacial score (nSPS) is 18.5. The van der Waals surface area contributed by atoms with Crippen LogP contribution in [0.3, 0.4) is 0 Å². The van der Waals surface area contributed by atoms with Gasteiger partial charge in [-0.3, -0.25) is 14.3 Å². The fraction of sp³-hybridized carbons (Fsp3) is 0.381. The van der Waals surface area contributed by atoms with Crippen molar-refractivity contribution >= 4 is 22.5 Å². The van der Waals surface area contributed by atoms with E-state index in [0.717, 1.165) is 37.7 Å². The molecule has 0 amide bonds. The Morgan fingerprint density at radius 1 is 1.07 bits per heavy atom. The molecule has 3 aromatic rings. The van der Waals surface area contributed by atoms with E-state index in [0.29, 0.717) is 16.9 Å². The molecule has 5 rings (SSSR count). The number of pyridine rings is 1. The highest BCUT2D eigenvalue weighted by atomic mass is 19.1. The minimum atomic E-state index is -0.422. The molecule has 6 nitrogen and oxygen atoms in total. The molecule has 2 fully saturated rings. The van der Waals surface area contributed by atoms with E-state index < -0.39 is 5.82 Å². The molecule has 0 unspecified atom stereocenters. The number of likely N-dealkylation sites (tertiary alicyclic amines) is 1. The maximum absolute atomic E-state index is 13.8. The van der Waals surface area contributed by atoms with Crippen molar-refractivity contribution in [2.24, 2.45) is 0 Å². The number of piperidine rings is 1. The lowest BCUT2D eigenvalue weighted by Crippen LogP contribution is -2.39. The van der Waals surface area contributed by atoms with Gasteiger partial charge in [-0.25, -0.2) is 9.37 Å². The Morgan fingerprint density at radius 3 is 2.61 bits per heavy atom. The van der Waals surface area contributed by atoms with Gasteiger partial charge in [0, 0.05) is 31.4 Å². The quantitative estimate of drug-likeness (QED) is 0.752. The molecule has 144 valence electrons. The first-order valence-corrected chi connectivity index (χ1v) is 9.82. The largest absolute Gasteiger partial charge is 0.324 e. The summed E-state index contributed by atoms with van der Waals surface area (Å²) >= 11 is 0. The third kappa shape index (κ3) is 3.26. The predicted molar refractivity (Wildman–Crippen MR) is 106 cm³/mol. The standard InChI is InChI=1S/C21H22FN5O/c22-14-3-6-19-18(12-14)20(28)27(17-7-10-26(11-8-17)16-4-5-16)21(25-19)24-15-2-1-9-23-13-15/h1-3,6,9,12-13,16-17H,4-5,7-8,10-11H2,(H,24,25). The molecule has 1 aliphatic heterocycles. The van der Waals surface area contributed by atoms with E-state index in [2.05, 4.69) is 20.2 Å². The molecule has 1 aromatic carbocycles. The second kappa shape index (κ2) is 6.98. The maximum Gasteiger partial charge on any atom is 0.263 e. The monoisotopic (exact) mass is 379 g/mol. The number of benzene rings is 1. The molecule has 1 N–H and O–H groups in total. The van der Waals surface area contributed by atoms with E-state index in [1.807, 2.05) is 12.1 Å². The van der Waals surface area contributed by atoms with Gasteiger partial charge in [-0.1, -0.05) is 0 Å². The van der Waals surface area contributed by atoms with Crippen LogP contribution in [0, 0.1) is 5.82 Å². The van der Waals surface area contributed by atoms with Crippen molar-refractivity contribution in [3.63, 3.8) is 0 Å². The first-order chi connectivity index (χ1) is 13.7. The highest BCUT2D eigenvalue weighted by Gasteiger charge is 2.33. The summed E-state index contributed by atoms with van der Waals surface area (Å²) in [7, 11) is 0. The van der Waals surface area contributed by atoms with Crippen LogP contribution in [0.25, 0.3) is 10.9 Å². The van der Waals surface area contributed by atoms with Gasteiger partial charge in [-0.2, -0.15) is 0 Å². The van der Waals surface area contributed by atoms with Crippen LogP contribution in [-0.4, -0.2) is 38.6 Å². The van der Waals surface area contributed by atoms with Crippen LogP contribution in [0.4, 0.5) is 16.0 Å². The minimum absolute atomic E-state index is 0.0434. The van der Waals surface area contributed by atoms with Gasteiger partial charge >= 0.3 is 0 Å². The van der Waals surface area contributed by atoms with Crippen LogP contribution in [0.2, 0.25) is 0 Å². The fourth-order valence-corrected chi connectivity index (χ4v) is 4.11. The highest BCUT2D eigenvalue weighted by molar-refractivity contribution is 5.79. The minimum Gasteiger partial charge on any atom is -0.324 e. The number of hydrogen-bond acceptors (Lipinski definition) is 5. The van der Waals surface area contributed by atoms with E-state index in [-0.39, 0.29) is 11.6 Å². The lowest BCUT2D eigenvalue weighted by Gasteiger charge is -2.33. The van der Waals surface area contributed by atoms with Gasteiger partial charge in [-0.05, 0) is 56.0 Å². The van der Waals surface area contributed by atoms with Gasteiger partial charge in [-0.15, -0.1) is 0 Å². The predicted octanol–water partition coefficient (Wildman–Crippen LogP) is 3.47. The number of aromatic nitrogens is 3. The Labute approximate surface area is 162 Å². The molecule has 7 heteroatoms. The summed E-state index contributed by atoms with van der Waals surface area (Å²) < 4.78 is 15.5. The van der Waals surface area contributed by atoms with Gasteiger partial charge in [0.05, 0.1) is 22.8 Å². The number of hydrogen-bond donors (Lipinski definition) is 1. The summed E-state index contributed by atoms with van der Waals surface area (Å²) in [6.45, 7) is 1.96. The first kappa shape index (κ1) is 17.3. The summed E-state index contributed by atoms with van der Waals surface area (Å²) in [6.07, 6.45) is 7.75. The Bertz CT molecular complexity index is 1060. The molecular formula is C21H22FN5O. The lowest BCUT2D eigenvalue weighted by atomic mass is 10.0. The van der Waals surface area contributed by atoms with Crippen molar-refractivity contribution in [1.82, 2.24) is 19.4 Å². The first-order valence-electron chi connectivity index (χ1n) is 9.82. The Morgan fingerprint density at radius 2 is 1.89 bits per heavy atom. The summed E-state index contributed by atoms with van der Waals surface area (Å²) in [6, 6.07) is 8.66. The van der Waals surface area contributed by atoms with Gasteiger partial charge in [0.2, 0.25) is 5.95 Å². The van der Waals surface area contributed by atoms with Crippen molar-refractivity contribution in [2.45, 2.75) is 37.8 Å². The van der Waals surface area contributed by atoms with Gasteiger partial charge < -0.3 is 10.2 Å². The molecule has 0 atom stereocenters. The van der Waals surface area contributed by atoms with Crippen LogP contribution in [0.15, 0.2) is 47.5 Å². The number of anilines is 2. The van der Waals surface area contributed by atoms with Crippen molar-refractivity contribution < 1.29 is 4.39 Å². The van der Waals surface area contributed by atoms with Crippen LogP contribution < -0.4 is 10.9 Å². The molecule has 28 heavy (non-hydrogen) atoms. The summed E-state index contributed by atoms with van der Waals surface area (Å²) in [5, 5.41) is 3.57. The zero-order chi connectivity index (χ0) is 19.1. The third-order valence-corrected chi connectivity index (χ3v) is 5.71. The third-order valence-electron chi connectivity index (χ3n) is 5.71. The van der Waals surface area contributed by atoms with E-state index in [1.165, 1.54) is 25.0 Å². The van der Waals surface area contributed by atoms with Crippen LogP contribution >= 0.6 is 0 Å². The topological polar surface area (TPSA) is 63.1 Å². The Hall–Kier alpha value is -2.80. The Balaban J connectivity index is 1.57. The zero-order valence-electron chi connectivity index (χ0n) is 15.5. The molecule has 0 radical (unpaired) electrons. The van der Waals surface area contributed by atoms with E-state index in [4.69, 9.17) is 0 Å². The molecule has 1 saturated carbocycles. The number of rotatable bonds is 4.